The van der Waals surface area contributed by atoms with Crippen LogP contribution in [0.5, 0.6) is 0 Å². The molecule has 0 atom stereocenters. The van der Waals surface area contributed by atoms with E-state index in [0.29, 0.717) is 17.5 Å². The van der Waals surface area contributed by atoms with Crippen LogP contribution in [0.15, 0.2) is 48.8 Å². The molecule has 0 N–H and O–H groups in total. The molecule has 3 aromatic rings. The highest BCUT2D eigenvalue weighted by Gasteiger charge is 2.21. The Morgan fingerprint density at radius 1 is 1.00 bits per heavy atom. The smallest absolute Gasteiger partial charge is 0.199 e. The number of rotatable bonds is 2. The summed E-state index contributed by atoms with van der Waals surface area (Å²) in [6, 6.07) is 7.47. The van der Waals surface area contributed by atoms with Crippen LogP contribution in [0.2, 0.25) is 0 Å². The van der Waals surface area contributed by atoms with E-state index in [4.69, 9.17) is 0 Å². The van der Waals surface area contributed by atoms with Crippen molar-refractivity contribution in [3.05, 3.63) is 77.4 Å². The molecule has 21 heavy (non-hydrogen) atoms. The van der Waals surface area contributed by atoms with Gasteiger partial charge in [-0.25, -0.2) is 13.2 Å². The minimum absolute atomic E-state index is 0.116. The molecule has 104 valence electrons. The average molecular weight is 287 g/mol. The molecule has 0 saturated heterocycles. The van der Waals surface area contributed by atoms with Crippen molar-refractivity contribution in [1.82, 2.24) is 4.98 Å². The van der Waals surface area contributed by atoms with Crippen molar-refractivity contribution in [2.75, 3.05) is 0 Å². The molecule has 0 spiro atoms. The van der Waals surface area contributed by atoms with Crippen LogP contribution in [0.4, 0.5) is 13.2 Å². The van der Waals surface area contributed by atoms with Gasteiger partial charge in [0.25, 0.3) is 0 Å². The van der Waals surface area contributed by atoms with Gasteiger partial charge in [-0.05, 0) is 11.5 Å². The van der Waals surface area contributed by atoms with Crippen molar-refractivity contribution in [2.24, 2.45) is 0 Å². The van der Waals surface area contributed by atoms with Crippen molar-refractivity contribution in [3.63, 3.8) is 0 Å². The monoisotopic (exact) mass is 287 g/mol. The molecule has 1 heterocycles. The van der Waals surface area contributed by atoms with Gasteiger partial charge in [0.15, 0.2) is 5.78 Å². The number of ketones is 1. The highest BCUT2D eigenvalue weighted by Crippen LogP contribution is 2.24. The number of aromatic nitrogens is 1. The lowest BCUT2D eigenvalue weighted by atomic mass is 9.98. The second-order valence-electron chi connectivity index (χ2n) is 4.48. The molecule has 0 saturated carbocycles. The minimum Gasteiger partial charge on any atom is -0.288 e. The van der Waals surface area contributed by atoms with E-state index in [1.165, 1.54) is 12.3 Å². The number of hydrogen-bond acceptors (Lipinski definition) is 2. The molecule has 0 aliphatic rings. The van der Waals surface area contributed by atoms with E-state index >= 15 is 0 Å². The average Bonchev–Trinajstić information content (AvgIpc) is 2.45. The normalized spacial score (nSPS) is 10.8. The Hall–Kier alpha value is -2.69. The first kappa shape index (κ1) is 13.3. The van der Waals surface area contributed by atoms with Gasteiger partial charge in [0.05, 0.1) is 5.56 Å². The quantitative estimate of drug-likeness (QED) is 0.669. The second-order valence-corrected chi connectivity index (χ2v) is 4.48. The third-order valence-corrected chi connectivity index (χ3v) is 3.16. The molecule has 3 rings (SSSR count). The summed E-state index contributed by atoms with van der Waals surface area (Å²) in [6.07, 6.45) is 3.00. The first-order valence-electron chi connectivity index (χ1n) is 6.10. The van der Waals surface area contributed by atoms with Gasteiger partial charge in [-0.1, -0.05) is 18.2 Å². The fourth-order valence-electron chi connectivity index (χ4n) is 2.21. The molecule has 2 aromatic carbocycles. The number of halogens is 3. The maximum absolute atomic E-state index is 13.7. The number of carbonyl (C=O) groups is 1. The predicted molar refractivity (Wildman–Crippen MR) is 71.5 cm³/mol. The molecular formula is C16H8F3NO. The van der Waals surface area contributed by atoms with Crippen LogP contribution in [0.1, 0.15) is 15.9 Å². The molecule has 0 radical (unpaired) electrons. The summed E-state index contributed by atoms with van der Waals surface area (Å²) in [5.74, 6) is -4.36. The van der Waals surface area contributed by atoms with Crippen molar-refractivity contribution >= 4 is 16.6 Å². The van der Waals surface area contributed by atoms with Crippen molar-refractivity contribution in [3.8, 4) is 0 Å². The lowest BCUT2D eigenvalue weighted by Gasteiger charge is -2.07. The Labute approximate surface area is 117 Å². The number of benzene rings is 2. The number of pyridine rings is 1. The molecule has 0 aliphatic heterocycles. The molecule has 0 amide bonds. The van der Waals surface area contributed by atoms with Gasteiger partial charge in [-0.15, -0.1) is 0 Å². The fraction of sp³-hybridized carbons (Fsp3) is 0. The Morgan fingerprint density at radius 2 is 1.71 bits per heavy atom. The molecule has 2 nitrogen and oxygen atoms in total. The highest BCUT2D eigenvalue weighted by atomic mass is 19.1. The first-order valence-corrected chi connectivity index (χ1v) is 6.10. The van der Waals surface area contributed by atoms with E-state index in [1.807, 2.05) is 0 Å². The zero-order valence-corrected chi connectivity index (χ0v) is 10.6. The summed E-state index contributed by atoms with van der Waals surface area (Å²) in [7, 11) is 0. The van der Waals surface area contributed by atoms with Gasteiger partial charge in [-0.3, -0.25) is 9.78 Å². The minimum atomic E-state index is -1.22. The predicted octanol–water partition coefficient (Wildman–Crippen LogP) is 3.88. The Morgan fingerprint density at radius 3 is 2.43 bits per heavy atom. The van der Waals surface area contributed by atoms with Gasteiger partial charge in [0, 0.05) is 35.5 Å². The van der Waals surface area contributed by atoms with Gasteiger partial charge in [-0.2, -0.15) is 0 Å². The van der Waals surface area contributed by atoms with Gasteiger partial charge in [0.1, 0.15) is 17.5 Å². The van der Waals surface area contributed by atoms with E-state index in [2.05, 4.69) is 4.98 Å². The number of fused-ring (bicyclic) bond motifs is 1. The third kappa shape index (κ3) is 2.27. The highest BCUT2D eigenvalue weighted by molar-refractivity contribution is 6.16. The maximum Gasteiger partial charge on any atom is 0.199 e. The second kappa shape index (κ2) is 5.01. The topological polar surface area (TPSA) is 30.0 Å². The largest absolute Gasteiger partial charge is 0.288 e. The number of nitrogens with zero attached hydrogens (tertiary/aromatic N) is 1. The third-order valence-electron chi connectivity index (χ3n) is 3.16. The van der Waals surface area contributed by atoms with Crippen LogP contribution in [-0.2, 0) is 0 Å². The van der Waals surface area contributed by atoms with Crippen LogP contribution in [0, 0.1) is 17.5 Å². The van der Waals surface area contributed by atoms with Crippen LogP contribution in [0.25, 0.3) is 10.8 Å². The Kier molecular flexibility index (Phi) is 3.17. The van der Waals surface area contributed by atoms with E-state index in [-0.39, 0.29) is 5.56 Å². The molecule has 5 heteroatoms. The van der Waals surface area contributed by atoms with E-state index in [1.54, 1.807) is 24.4 Å². The zero-order chi connectivity index (χ0) is 15.0. The molecule has 0 unspecified atom stereocenters. The van der Waals surface area contributed by atoms with Gasteiger partial charge in [0.2, 0.25) is 0 Å². The molecular weight excluding hydrogens is 279 g/mol. The standard InChI is InChI=1S/C16H8F3NO/c17-10-6-13(18)15(14(19)7-10)16(21)11-3-1-2-9-4-5-20-8-12(9)11/h1-8H. The van der Waals surface area contributed by atoms with Crippen molar-refractivity contribution in [1.29, 1.82) is 0 Å². The van der Waals surface area contributed by atoms with Gasteiger partial charge < -0.3 is 0 Å². The molecule has 0 fully saturated rings. The fourth-order valence-corrected chi connectivity index (χ4v) is 2.21. The molecule has 1 aromatic heterocycles. The van der Waals surface area contributed by atoms with Crippen LogP contribution in [-0.4, -0.2) is 10.8 Å². The lowest BCUT2D eigenvalue weighted by molar-refractivity contribution is 0.103. The summed E-state index contributed by atoms with van der Waals surface area (Å²) >= 11 is 0. The summed E-state index contributed by atoms with van der Waals surface area (Å²) in [5.41, 5.74) is -0.655. The maximum atomic E-state index is 13.7. The van der Waals surface area contributed by atoms with E-state index in [9.17, 15) is 18.0 Å². The zero-order valence-electron chi connectivity index (χ0n) is 10.6. The lowest BCUT2D eigenvalue weighted by Crippen LogP contribution is -2.09. The molecule has 0 aliphatic carbocycles. The Balaban J connectivity index is 2.22. The summed E-state index contributed by atoms with van der Waals surface area (Å²) in [4.78, 5) is 16.3. The summed E-state index contributed by atoms with van der Waals surface area (Å²) in [5, 5.41) is 1.20. The Bertz CT molecular complexity index is 833. The van der Waals surface area contributed by atoms with Crippen molar-refractivity contribution in [2.45, 2.75) is 0 Å². The van der Waals surface area contributed by atoms with Crippen molar-refractivity contribution < 1.29 is 18.0 Å². The number of hydrogen-bond donors (Lipinski definition) is 0. The summed E-state index contributed by atoms with van der Waals surface area (Å²) in [6.45, 7) is 0. The number of carbonyl (C=O) groups excluding carboxylic acids is 1. The van der Waals surface area contributed by atoms with E-state index in [0.717, 1.165) is 5.39 Å². The van der Waals surface area contributed by atoms with Gasteiger partial charge >= 0.3 is 0 Å². The molecule has 0 bridgehead atoms. The van der Waals surface area contributed by atoms with Crippen LogP contribution >= 0.6 is 0 Å². The summed E-state index contributed by atoms with van der Waals surface area (Å²) < 4.78 is 40.4. The van der Waals surface area contributed by atoms with E-state index < -0.39 is 28.8 Å². The SMILES string of the molecule is O=C(c1c(F)cc(F)cc1F)c1cccc2ccncc12. The first-order chi connectivity index (χ1) is 10.1. The van der Waals surface area contributed by atoms with Crippen LogP contribution in [0.3, 0.4) is 0 Å². The van der Waals surface area contributed by atoms with Crippen LogP contribution < -0.4 is 0 Å².